The van der Waals surface area contributed by atoms with Crippen molar-refractivity contribution in [2.24, 2.45) is 11.3 Å². The van der Waals surface area contributed by atoms with Gasteiger partial charge in [0.2, 0.25) is 5.91 Å². The highest BCUT2D eigenvalue weighted by Gasteiger charge is 2.51. The van der Waals surface area contributed by atoms with Crippen LogP contribution in [-0.2, 0) is 9.59 Å². The largest absolute Gasteiger partial charge is 0.480 e. The van der Waals surface area contributed by atoms with E-state index in [1.807, 2.05) is 4.90 Å². The van der Waals surface area contributed by atoms with E-state index >= 15 is 0 Å². The van der Waals surface area contributed by atoms with Crippen molar-refractivity contribution in [2.75, 3.05) is 19.6 Å². The average molecular weight is 372 g/mol. The molecule has 0 aromatic carbocycles. The van der Waals surface area contributed by atoms with Gasteiger partial charge >= 0.3 is 5.97 Å². The maximum Gasteiger partial charge on any atom is 0.326 e. The zero-order valence-corrected chi connectivity index (χ0v) is 15.4. The molecule has 2 saturated heterocycles. The van der Waals surface area contributed by atoms with Gasteiger partial charge in [-0.2, -0.15) is 0 Å². The Morgan fingerprint density at radius 1 is 1.22 bits per heavy atom. The second kappa shape index (κ2) is 6.58. The van der Waals surface area contributed by atoms with Crippen LogP contribution in [0.25, 0.3) is 0 Å². The molecule has 1 aliphatic carbocycles. The van der Waals surface area contributed by atoms with Crippen molar-refractivity contribution in [3.05, 3.63) is 23.8 Å². The Labute approximate surface area is 157 Å². The highest BCUT2D eigenvalue weighted by atomic mass is 16.4. The van der Waals surface area contributed by atoms with Crippen molar-refractivity contribution in [2.45, 2.75) is 45.1 Å². The van der Waals surface area contributed by atoms with E-state index in [9.17, 15) is 19.5 Å². The number of nitrogens with zero attached hydrogens (tertiary/aromatic N) is 4. The van der Waals surface area contributed by atoms with Gasteiger partial charge in [0.1, 0.15) is 12.4 Å². The first-order valence-corrected chi connectivity index (χ1v) is 9.49. The summed E-state index contributed by atoms with van der Waals surface area (Å²) in [4.78, 5) is 48.5. The molecule has 1 aromatic heterocycles. The van der Waals surface area contributed by atoms with Gasteiger partial charge < -0.3 is 14.9 Å². The van der Waals surface area contributed by atoms with Gasteiger partial charge in [-0.15, -0.1) is 0 Å². The van der Waals surface area contributed by atoms with Gasteiger partial charge in [-0.25, -0.2) is 14.8 Å². The molecule has 1 saturated carbocycles. The summed E-state index contributed by atoms with van der Waals surface area (Å²) in [5, 5.41) is 9.69. The molecule has 1 N–H and O–H groups in total. The van der Waals surface area contributed by atoms with Crippen LogP contribution in [0.5, 0.6) is 0 Å². The number of carboxylic acids is 1. The number of likely N-dealkylation sites (tertiary alicyclic amines) is 2. The van der Waals surface area contributed by atoms with Crippen molar-refractivity contribution < 1.29 is 19.5 Å². The number of aliphatic carboxylic acids is 1. The van der Waals surface area contributed by atoms with Crippen LogP contribution in [0, 0.1) is 18.3 Å². The molecular weight excluding hydrogens is 348 g/mol. The lowest BCUT2D eigenvalue weighted by molar-refractivity contribution is -0.141. The molecule has 8 nitrogen and oxygen atoms in total. The zero-order chi connectivity index (χ0) is 19.2. The quantitative estimate of drug-likeness (QED) is 0.852. The first-order valence-electron chi connectivity index (χ1n) is 9.49. The van der Waals surface area contributed by atoms with Crippen molar-refractivity contribution >= 4 is 17.8 Å². The minimum Gasteiger partial charge on any atom is -0.480 e. The highest BCUT2D eigenvalue weighted by Crippen LogP contribution is 2.45. The summed E-state index contributed by atoms with van der Waals surface area (Å²) < 4.78 is 0. The molecule has 27 heavy (non-hydrogen) atoms. The van der Waals surface area contributed by atoms with Gasteiger partial charge in [0.05, 0.1) is 11.3 Å². The molecule has 1 atom stereocenters. The van der Waals surface area contributed by atoms with Crippen LogP contribution >= 0.6 is 0 Å². The van der Waals surface area contributed by atoms with E-state index in [-0.39, 0.29) is 23.1 Å². The molecule has 1 spiro atoms. The monoisotopic (exact) mass is 372 g/mol. The van der Waals surface area contributed by atoms with E-state index in [1.54, 1.807) is 6.92 Å². The van der Waals surface area contributed by atoms with Crippen molar-refractivity contribution in [3.63, 3.8) is 0 Å². The van der Waals surface area contributed by atoms with E-state index < -0.39 is 12.0 Å². The molecule has 0 radical (unpaired) electrons. The van der Waals surface area contributed by atoms with Crippen LogP contribution in [-0.4, -0.2) is 68.3 Å². The number of carbonyl (C=O) groups is 3. The smallest absolute Gasteiger partial charge is 0.326 e. The number of piperidine rings is 1. The van der Waals surface area contributed by atoms with Crippen LogP contribution in [0.15, 0.2) is 12.5 Å². The topological polar surface area (TPSA) is 104 Å². The molecule has 3 aliphatic rings. The number of hydrogen-bond acceptors (Lipinski definition) is 5. The number of aryl methyl sites for hydroxylation is 1. The number of hydrogen-bond donors (Lipinski definition) is 1. The fraction of sp³-hybridized carbons (Fsp3) is 0.632. The van der Waals surface area contributed by atoms with E-state index in [2.05, 4.69) is 9.97 Å². The second-order valence-corrected chi connectivity index (χ2v) is 8.11. The first kappa shape index (κ1) is 17.9. The third-order valence-electron chi connectivity index (χ3n) is 6.26. The number of rotatable bonds is 3. The number of aromatic nitrogens is 2. The third kappa shape index (κ3) is 3.28. The van der Waals surface area contributed by atoms with Gasteiger partial charge in [-0.3, -0.25) is 9.59 Å². The molecule has 1 aromatic rings. The van der Waals surface area contributed by atoms with Crippen LogP contribution in [0.2, 0.25) is 0 Å². The van der Waals surface area contributed by atoms with Gasteiger partial charge in [-0.1, -0.05) is 0 Å². The van der Waals surface area contributed by atoms with Crippen molar-refractivity contribution in [3.8, 4) is 0 Å². The van der Waals surface area contributed by atoms with Crippen LogP contribution in [0.4, 0.5) is 0 Å². The molecule has 4 rings (SSSR count). The summed E-state index contributed by atoms with van der Waals surface area (Å²) in [6, 6.07) is -0.845. The van der Waals surface area contributed by atoms with Crippen molar-refractivity contribution in [1.29, 1.82) is 0 Å². The fourth-order valence-electron chi connectivity index (χ4n) is 4.40. The lowest BCUT2D eigenvalue weighted by Crippen LogP contribution is -2.45. The minimum atomic E-state index is -0.980. The summed E-state index contributed by atoms with van der Waals surface area (Å²) in [7, 11) is 0. The Morgan fingerprint density at radius 2 is 1.93 bits per heavy atom. The maximum absolute atomic E-state index is 13.0. The van der Waals surface area contributed by atoms with Gasteiger partial charge in [0, 0.05) is 31.7 Å². The Morgan fingerprint density at radius 3 is 2.52 bits per heavy atom. The molecule has 0 bridgehead atoms. The predicted molar refractivity (Wildman–Crippen MR) is 94.8 cm³/mol. The molecule has 2 aliphatic heterocycles. The number of carbonyl (C=O) groups excluding carboxylic acids is 2. The summed E-state index contributed by atoms with van der Waals surface area (Å²) >= 11 is 0. The molecule has 2 amide bonds. The lowest BCUT2D eigenvalue weighted by atomic mass is 9.76. The number of amides is 2. The standard InChI is InChI=1S/C19H24N4O4/c1-12-14(9-20-11-21-12)17(25)23-10-19(8-15(23)18(26)27)4-6-22(7-5-19)16(24)13-2-3-13/h9,11,13,15H,2-8,10H2,1H3,(H,26,27)/t15-/m1/s1. The summed E-state index contributed by atoms with van der Waals surface area (Å²) in [5.74, 6) is -0.865. The van der Waals surface area contributed by atoms with Gasteiger partial charge in [0.15, 0.2) is 0 Å². The number of carboxylic acid groups (broad SMARTS) is 1. The Balaban J connectivity index is 1.51. The molecule has 0 unspecified atom stereocenters. The SMILES string of the molecule is Cc1ncncc1C(=O)N1CC2(CCN(C(=O)C3CC3)CC2)C[C@@H]1C(=O)O. The second-order valence-electron chi connectivity index (χ2n) is 8.11. The third-order valence-corrected chi connectivity index (χ3v) is 6.26. The van der Waals surface area contributed by atoms with Gasteiger partial charge in [0.25, 0.3) is 5.91 Å². The minimum absolute atomic E-state index is 0.202. The van der Waals surface area contributed by atoms with E-state index in [0.29, 0.717) is 37.3 Å². The van der Waals surface area contributed by atoms with Gasteiger partial charge in [-0.05, 0) is 44.4 Å². The van der Waals surface area contributed by atoms with Crippen LogP contribution in [0.1, 0.15) is 48.2 Å². The van der Waals surface area contributed by atoms with E-state index in [0.717, 1.165) is 25.7 Å². The zero-order valence-electron chi connectivity index (χ0n) is 15.4. The normalized spacial score (nSPS) is 24.3. The first-order chi connectivity index (χ1) is 12.9. The summed E-state index contributed by atoms with van der Waals surface area (Å²) in [6.45, 7) is 3.43. The van der Waals surface area contributed by atoms with E-state index in [1.165, 1.54) is 17.4 Å². The molecule has 3 heterocycles. The highest BCUT2D eigenvalue weighted by molar-refractivity contribution is 5.97. The Hall–Kier alpha value is -2.51. The maximum atomic E-state index is 13.0. The summed E-state index contributed by atoms with van der Waals surface area (Å²) in [6.07, 6.45) is 6.72. The molecule has 3 fully saturated rings. The Bertz CT molecular complexity index is 784. The van der Waals surface area contributed by atoms with Crippen molar-refractivity contribution in [1.82, 2.24) is 19.8 Å². The lowest BCUT2D eigenvalue weighted by Gasteiger charge is -2.39. The molecule has 8 heteroatoms. The Kier molecular flexibility index (Phi) is 4.36. The van der Waals surface area contributed by atoms with Crippen LogP contribution in [0.3, 0.4) is 0 Å². The predicted octanol–water partition coefficient (Wildman–Crippen LogP) is 1.10. The van der Waals surface area contributed by atoms with Crippen LogP contribution < -0.4 is 0 Å². The fourth-order valence-corrected chi connectivity index (χ4v) is 4.40. The average Bonchev–Trinajstić information content (AvgIpc) is 3.44. The molecule has 144 valence electrons. The van der Waals surface area contributed by atoms with E-state index in [4.69, 9.17) is 0 Å². The molecular formula is C19H24N4O4. The summed E-state index contributed by atoms with van der Waals surface area (Å²) in [5.41, 5.74) is 0.662.